The normalized spacial score (nSPS) is 16.0. The Bertz CT molecular complexity index is 1150. The second-order valence-corrected chi connectivity index (χ2v) is 12.0. The van der Waals surface area contributed by atoms with Crippen LogP contribution in [0.1, 0.15) is 44.4 Å². The Hall–Kier alpha value is -2.24. The van der Waals surface area contributed by atoms with Gasteiger partial charge in [-0.2, -0.15) is 0 Å². The summed E-state index contributed by atoms with van der Waals surface area (Å²) in [4.78, 5) is 18.2. The SMILES string of the molecule is Cc1cc(CN2CCN(Cc3c(Cl)cccc3Cl)CC2)ccc1N(CCNC(=O)OC(C)(C)C)C(C)OC(F)(F)F. The minimum atomic E-state index is -4.80. The number of carbonyl (C=O) groups excluding carboxylic acids is 1. The van der Waals surface area contributed by atoms with E-state index in [0.717, 1.165) is 49.4 Å². The molecule has 3 rings (SSSR count). The summed E-state index contributed by atoms with van der Waals surface area (Å²) in [5.74, 6) is 0. The third-order valence-electron chi connectivity index (χ3n) is 6.65. The Labute approximate surface area is 250 Å². The van der Waals surface area contributed by atoms with Crippen LogP contribution in [0, 0.1) is 6.92 Å². The first-order valence-electron chi connectivity index (χ1n) is 13.6. The van der Waals surface area contributed by atoms with Gasteiger partial charge in [0.2, 0.25) is 0 Å². The van der Waals surface area contributed by atoms with E-state index >= 15 is 0 Å². The van der Waals surface area contributed by atoms with Crippen molar-refractivity contribution in [3.05, 3.63) is 63.1 Å². The standard InChI is InChI=1S/C29H39Cl2F3N4O3/c1-20-17-22(18-36-13-15-37(16-14-36)19-23-24(30)7-6-8-25(23)31)9-10-26(20)38(21(2)40-29(32,33)34)12-11-35-27(39)41-28(3,4)5/h6-10,17,21H,11-16,18-19H2,1-5H3,(H,35,39). The van der Waals surface area contributed by atoms with Crippen LogP contribution in [0.2, 0.25) is 10.0 Å². The maximum atomic E-state index is 13.1. The van der Waals surface area contributed by atoms with Crippen molar-refractivity contribution in [2.24, 2.45) is 0 Å². The summed E-state index contributed by atoms with van der Waals surface area (Å²) >= 11 is 12.7. The van der Waals surface area contributed by atoms with Gasteiger partial charge >= 0.3 is 12.5 Å². The molecular weight excluding hydrogens is 580 g/mol. The van der Waals surface area contributed by atoms with Crippen molar-refractivity contribution >= 4 is 35.0 Å². The van der Waals surface area contributed by atoms with E-state index in [-0.39, 0.29) is 13.1 Å². The van der Waals surface area contributed by atoms with Gasteiger partial charge in [-0.1, -0.05) is 41.4 Å². The van der Waals surface area contributed by atoms with Crippen LogP contribution in [-0.2, 0) is 22.6 Å². The molecule has 0 aromatic heterocycles. The number of nitrogens with zero attached hydrogens (tertiary/aromatic N) is 3. The highest BCUT2D eigenvalue weighted by atomic mass is 35.5. The number of halogens is 5. The van der Waals surface area contributed by atoms with Gasteiger partial charge < -0.3 is 15.0 Å². The molecule has 2 aromatic rings. The van der Waals surface area contributed by atoms with Gasteiger partial charge in [-0.25, -0.2) is 4.79 Å². The molecule has 1 N–H and O–H groups in total. The quantitative estimate of drug-likeness (QED) is 0.294. The number of alkyl carbamates (subject to hydrolysis) is 1. The lowest BCUT2D eigenvalue weighted by atomic mass is 10.1. The molecule has 1 aliphatic rings. The molecular formula is C29H39Cl2F3N4O3. The molecule has 1 fully saturated rings. The fraction of sp³-hybridized carbons (Fsp3) is 0.552. The molecule has 2 aromatic carbocycles. The summed E-state index contributed by atoms with van der Waals surface area (Å²) in [7, 11) is 0. The maximum absolute atomic E-state index is 13.1. The van der Waals surface area contributed by atoms with E-state index in [4.69, 9.17) is 27.9 Å². The first-order valence-corrected chi connectivity index (χ1v) is 14.3. The van der Waals surface area contributed by atoms with Crippen LogP contribution >= 0.6 is 23.2 Å². The Morgan fingerprint density at radius 1 is 1.02 bits per heavy atom. The van der Waals surface area contributed by atoms with E-state index in [1.165, 1.54) is 11.8 Å². The van der Waals surface area contributed by atoms with Crippen molar-refractivity contribution in [2.45, 2.75) is 65.9 Å². The molecule has 12 heteroatoms. The Morgan fingerprint density at radius 2 is 1.61 bits per heavy atom. The molecule has 0 radical (unpaired) electrons. The van der Waals surface area contributed by atoms with Gasteiger partial charge in [0, 0.05) is 73.7 Å². The highest BCUT2D eigenvalue weighted by Gasteiger charge is 2.34. The number of amides is 1. The minimum Gasteiger partial charge on any atom is -0.444 e. The van der Waals surface area contributed by atoms with E-state index in [1.54, 1.807) is 20.8 Å². The zero-order valence-corrected chi connectivity index (χ0v) is 25.7. The zero-order chi connectivity index (χ0) is 30.4. The minimum absolute atomic E-state index is 0.0747. The van der Waals surface area contributed by atoms with Crippen LogP contribution in [0.25, 0.3) is 0 Å². The van der Waals surface area contributed by atoms with Crippen LogP contribution in [-0.4, -0.2) is 73.4 Å². The summed E-state index contributed by atoms with van der Waals surface area (Å²) < 4.78 is 48.8. The third-order valence-corrected chi connectivity index (χ3v) is 7.36. The molecule has 1 amide bonds. The van der Waals surface area contributed by atoms with Crippen molar-refractivity contribution in [3.8, 4) is 0 Å². The fourth-order valence-electron chi connectivity index (χ4n) is 4.76. The number of alkyl halides is 3. The largest absolute Gasteiger partial charge is 0.524 e. The number of hydrogen-bond donors (Lipinski definition) is 1. The topological polar surface area (TPSA) is 57.3 Å². The molecule has 228 valence electrons. The van der Waals surface area contributed by atoms with Crippen LogP contribution in [0.3, 0.4) is 0 Å². The lowest BCUT2D eigenvalue weighted by Gasteiger charge is -2.35. The van der Waals surface area contributed by atoms with Crippen LogP contribution in [0.15, 0.2) is 36.4 Å². The smallest absolute Gasteiger partial charge is 0.444 e. The van der Waals surface area contributed by atoms with Gasteiger partial charge in [0.05, 0.1) is 0 Å². The monoisotopic (exact) mass is 618 g/mol. The third kappa shape index (κ3) is 10.8. The number of benzene rings is 2. The van der Waals surface area contributed by atoms with Crippen molar-refractivity contribution < 1.29 is 27.4 Å². The van der Waals surface area contributed by atoms with Gasteiger partial charge in [-0.15, -0.1) is 13.2 Å². The van der Waals surface area contributed by atoms with Gasteiger partial charge in [-0.3, -0.25) is 14.5 Å². The van der Waals surface area contributed by atoms with Crippen LogP contribution in [0.4, 0.5) is 23.7 Å². The van der Waals surface area contributed by atoms with Gasteiger partial charge in [-0.05, 0) is 63.9 Å². The average Bonchev–Trinajstić information content (AvgIpc) is 2.84. The highest BCUT2D eigenvalue weighted by Crippen LogP contribution is 2.29. The van der Waals surface area contributed by atoms with E-state index in [2.05, 4.69) is 19.9 Å². The van der Waals surface area contributed by atoms with Gasteiger partial charge in [0.15, 0.2) is 0 Å². The van der Waals surface area contributed by atoms with E-state index in [9.17, 15) is 18.0 Å². The maximum Gasteiger partial charge on any atom is 0.524 e. The second-order valence-electron chi connectivity index (χ2n) is 11.2. The molecule has 0 aliphatic carbocycles. The second kappa shape index (κ2) is 14.3. The number of nitrogens with one attached hydrogen (secondary N) is 1. The summed E-state index contributed by atoms with van der Waals surface area (Å²) in [6.07, 6.45) is -6.74. The molecule has 1 saturated heterocycles. The molecule has 41 heavy (non-hydrogen) atoms. The predicted molar refractivity (Wildman–Crippen MR) is 156 cm³/mol. The van der Waals surface area contributed by atoms with Crippen molar-refractivity contribution in [2.75, 3.05) is 44.2 Å². The number of anilines is 1. The molecule has 0 spiro atoms. The predicted octanol–water partition coefficient (Wildman–Crippen LogP) is 6.83. The molecule has 0 saturated carbocycles. The fourth-order valence-corrected chi connectivity index (χ4v) is 5.27. The number of ether oxygens (including phenoxy) is 2. The van der Waals surface area contributed by atoms with Crippen molar-refractivity contribution in [3.63, 3.8) is 0 Å². The highest BCUT2D eigenvalue weighted by molar-refractivity contribution is 6.35. The molecule has 1 aliphatic heterocycles. The summed E-state index contributed by atoms with van der Waals surface area (Å²) in [6, 6.07) is 11.2. The van der Waals surface area contributed by atoms with Gasteiger partial charge in [0.1, 0.15) is 11.8 Å². The summed E-state index contributed by atoms with van der Waals surface area (Å²) in [5.41, 5.74) is 2.72. The Kier molecular flexibility index (Phi) is 11.6. The molecule has 1 unspecified atom stereocenters. The Morgan fingerprint density at radius 3 is 2.15 bits per heavy atom. The van der Waals surface area contributed by atoms with E-state index in [1.807, 2.05) is 43.3 Å². The molecule has 1 atom stereocenters. The number of hydrogen-bond acceptors (Lipinski definition) is 6. The number of piperazine rings is 1. The lowest BCUT2D eigenvalue weighted by molar-refractivity contribution is -0.340. The van der Waals surface area contributed by atoms with E-state index < -0.39 is 24.3 Å². The van der Waals surface area contributed by atoms with Crippen LogP contribution in [0.5, 0.6) is 0 Å². The molecule has 0 bridgehead atoms. The lowest BCUT2D eigenvalue weighted by Crippen LogP contribution is -2.45. The average molecular weight is 620 g/mol. The Balaban J connectivity index is 1.62. The molecule has 7 nitrogen and oxygen atoms in total. The zero-order valence-electron chi connectivity index (χ0n) is 24.2. The first-order chi connectivity index (χ1) is 19.1. The van der Waals surface area contributed by atoms with E-state index in [0.29, 0.717) is 22.3 Å². The number of rotatable bonds is 10. The van der Waals surface area contributed by atoms with Crippen LogP contribution < -0.4 is 10.2 Å². The summed E-state index contributed by atoms with van der Waals surface area (Å²) in [6.45, 7) is 13.4. The number of aryl methyl sites for hydroxylation is 1. The first kappa shape index (κ1) is 33.3. The van der Waals surface area contributed by atoms with Crippen molar-refractivity contribution in [1.29, 1.82) is 0 Å². The summed E-state index contributed by atoms with van der Waals surface area (Å²) in [5, 5.41) is 3.94. The van der Waals surface area contributed by atoms with Gasteiger partial charge in [0.25, 0.3) is 0 Å². The van der Waals surface area contributed by atoms with Crippen molar-refractivity contribution in [1.82, 2.24) is 15.1 Å². The molecule has 1 heterocycles. The number of carbonyl (C=O) groups is 1.